The molecular formula is C20H20FN5OS. The first-order valence-corrected chi connectivity index (χ1v) is 9.90. The minimum atomic E-state index is -0.244. The zero-order chi connectivity index (χ0) is 19.3. The van der Waals surface area contributed by atoms with Crippen molar-refractivity contribution in [3.05, 3.63) is 65.2 Å². The van der Waals surface area contributed by atoms with Crippen molar-refractivity contribution in [2.24, 2.45) is 0 Å². The van der Waals surface area contributed by atoms with Crippen LogP contribution in [0.1, 0.15) is 18.0 Å². The van der Waals surface area contributed by atoms with Gasteiger partial charge >= 0.3 is 0 Å². The van der Waals surface area contributed by atoms with E-state index in [0.29, 0.717) is 18.3 Å². The van der Waals surface area contributed by atoms with Crippen LogP contribution in [0, 0.1) is 5.82 Å². The Kier molecular flexibility index (Phi) is 5.59. The third kappa shape index (κ3) is 4.52. The number of nitrogens with zero attached hydrogens (tertiary/aromatic N) is 4. The number of hydrogen-bond donors (Lipinski definition) is 1. The van der Waals surface area contributed by atoms with Gasteiger partial charge in [0.2, 0.25) is 11.7 Å². The van der Waals surface area contributed by atoms with Crippen molar-refractivity contribution in [2.75, 3.05) is 13.6 Å². The van der Waals surface area contributed by atoms with Gasteiger partial charge in [0.05, 0.1) is 17.1 Å². The fourth-order valence-corrected chi connectivity index (χ4v) is 3.58. The molecule has 0 aliphatic heterocycles. The highest BCUT2D eigenvalue weighted by Gasteiger charge is 2.11. The minimum Gasteiger partial charge on any atom is -0.338 e. The average molecular weight is 397 g/mol. The average Bonchev–Trinajstić information content (AvgIpc) is 3.44. The third-order valence-electron chi connectivity index (χ3n) is 4.37. The molecule has 0 aliphatic rings. The van der Waals surface area contributed by atoms with Gasteiger partial charge in [-0.25, -0.2) is 4.39 Å². The van der Waals surface area contributed by atoms with Gasteiger partial charge in [-0.15, -0.1) is 11.3 Å². The van der Waals surface area contributed by atoms with Crippen LogP contribution in [-0.4, -0.2) is 38.8 Å². The standard InChI is InChI=1S/C20H20FN5OS/c1-26(13-19-22-20(25-27-19)18-5-3-11-28-18)10-2-4-16-12-17(24-23-16)14-6-8-15(21)9-7-14/h3,5-9,11-12H,2,4,10,13H2,1H3,(H,23,24). The zero-order valence-corrected chi connectivity index (χ0v) is 16.2. The normalized spacial score (nSPS) is 11.4. The number of nitrogens with one attached hydrogen (secondary N) is 1. The van der Waals surface area contributed by atoms with E-state index in [-0.39, 0.29) is 5.82 Å². The minimum absolute atomic E-state index is 0.244. The van der Waals surface area contributed by atoms with E-state index < -0.39 is 0 Å². The number of thiophene rings is 1. The van der Waals surface area contributed by atoms with Gasteiger partial charge in [-0.05, 0) is 68.2 Å². The Morgan fingerprint density at radius 3 is 2.86 bits per heavy atom. The molecule has 0 aliphatic carbocycles. The molecule has 144 valence electrons. The van der Waals surface area contributed by atoms with Crippen molar-refractivity contribution in [1.29, 1.82) is 0 Å². The number of H-pyrrole nitrogens is 1. The van der Waals surface area contributed by atoms with Crippen molar-refractivity contribution in [2.45, 2.75) is 19.4 Å². The molecule has 0 saturated heterocycles. The van der Waals surface area contributed by atoms with E-state index in [1.54, 1.807) is 23.5 Å². The second-order valence-corrected chi connectivity index (χ2v) is 7.56. The number of aromatic amines is 1. The topological polar surface area (TPSA) is 70.8 Å². The van der Waals surface area contributed by atoms with E-state index >= 15 is 0 Å². The summed E-state index contributed by atoms with van der Waals surface area (Å²) in [6.45, 7) is 1.50. The molecule has 28 heavy (non-hydrogen) atoms. The summed E-state index contributed by atoms with van der Waals surface area (Å²) in [4.78, 5) is 7.61. The van der Waals surface area contributed by atoms with E-state index in [2.05, 4.69) is 25.2 Å². The molecule has 0 saturated carbocycles. The summed E-state index contributed by atoms with van der Waals surface area (Å²) in [6, 6.07) is 12.3. The first-order valence-electron chi connectivity index (χ1n) is 9.02. The maximum absolute atomic E-state index is 13.0. The fraction of sp³-hybridized carbons (Fsp3) is 0.250. The smallest absolute Gasteiger partial charge is 0.241 e. The van der Waals surface area contributed by atoms with Crippen LogP contribution < -0.4 is 0 Å². The lowest BCUT2D eigenvalue weighted by molar-refractivity contribution is 0.264. The van der Waals surface area contributed by atoms with E-state index in [0.717, 1.165) is 41.2 Å². The van der Waals surface area contributed by atoms with Crippen LogP contribution >= 0.6 is 11.3 Å². The van der Waals surface area contributed by atoms with Gasteiger partial charge in [0.1, 0.15) is 5.82 Å². The van der Waals surface area contributed by atoms with E-state index in [1.807, 2.05) is 30.6 Å². The van der Waals surface area contributed by atoms with Crippen LogP contribution in [0.25, 0.3) is 22.0 Å². The predicted molar refractivity (Wildman–Crippen MR) is 106 cm³/mol. The van der Waals surface area contributed by atoms with E-state index in [9.17, 15) is 4.39 Å². The molecule has 0 fully saturated rings. The Hall–Kier alpha value is -2.84. The van der Waals surface area contributed by atoms with Crippen LogP contribution in [0.2, 0.25) is 0 Å². The lowest BCUT2D eigenvalue weighted by Gasteiger charge is -2.13. The van der Waals surface area contributed by atoms with Gasteiger partial charge < -0.3 is 4.52 Å². The maximum atomic E-state index is 13.0. The maximum Gasteiger partial charge on any atom is 0.241 e. The van der Waals surface area contributed by atoms with Crippen molar-refractivity contribution in [3.8, 4) is 22.0 Å². The lowest BCUT2D eigenvalue weighted by Crippen LogP contribution is -2.19. The monoisotopic (exact) mass is 397 g/mol. The van der Waals surface area contributed by atoms with E-state index in [1.165, 1.54) is 12.1 Å². The van der Waals surface area contributed by atoms with Gasteiger partial charge in [-0.2, -0.15) is 10.1 Å². The lowest BCUT2D eigenvalue weighted by atomic mass is 10.1. The molecule has 4 rings (SSSR count). The molecule has 1 aromatic carbocycles. The van der Waals surface area contributed by atoms with Gasteiger partial charge in [-0.1, -0.05) is 11.2 Å². The number of aryl methyl sites for hydroxylation is 1. The molecule has 4 aromatic rings. The summed E-state index contributed by atoms with van der Waals surface area (Å²) in [7, 11) is 2.03. The summed E-state index contributed by atoms with van der Waals surface area (Å²) in [6.07, 6.45) is 1.84. The van der Waals surface area contributed by atoms with Crippen LogP contribution in [-0.2, 0) is 13.0 Å². The van der Waals surface area contributed by atoms with Crippen molar-refractivity contribution < 1.29 is 8.91 Å². The van der Waals surface area contributed by atoms with Gasteiger partial charge in [-0.3, -0.25) is 10.00 Å². The molecular weight excluding hydrogens is 377 g/mol. The Labute approximate surface area is 166 Å². The van der Waals surface area contributed by atoms with E-state index in [4.69, 9.17) is 4.52 Å². The molecule has 0 atom stereocenters. The van der Waals surface area contributed by atoms with Crippen molar-refractivity contribution >= 4 is 11.3 Å². The van der Waals surface area contributed by atoms with Crippen LogP contribution in [0.3, 0.4) is 0 Å². The summed E-state index contributed by atoms with van der Waals surface area (Å²) in [5.41, 5.74) is 2.79. The molecule has 0 unspecified atom stereocenters. The molecule has 3 heterocycles. The van der Waals surface area contributed by atoms with Gasteiger partial charge in [0.15, 0.2) is 0 Å². The summed E-state index contributed by atoms with van der Waals surface area (Å²) in [5, 5.41) is 13.4. The molecule has 3 aromatic heterocycles. The van der Waals surface area contributed by atoms with Gasteiger partial charge in [0, 0.05) is 11.3 Å². The fourth-order valence-electron chi connectivity index (χ4n) is 2.93. The Morgan fingerprint density at radius 2 is 2.07 bits per heavy atom. The Morgan fingerprint density at radius 1 is 1.21 bits per heavy atom. The van der Waals surface area contributed by atoms with Crippen LogP contribution in [0.4, 0.5) is 4.39 Å². The summed E-state index contributed by atoms with van der Waals surface area (Å²) in [5.74, 6) is 1.02. The first-order chi connectivity index (χ1) is 13.7. The molecule has 8 heteroatoms. The number of benzene rings is 1. The zero-order valence-electron chi connectivity index (χ0n) is 15.4. The highest BCUT2D eigenvalue weighted by atomic mass is 32.1. The molecule has 1 N–H and O–H groups in total. The van der Waals surface area contributed by atoms with Crippen molar-refractivity contribution in [1.82, 2.24) is 25.2 Å². The summed E-state index contributed by atoms with van der Waals surface area (Å²) < 4.78 is 18.4. The highest BCUT2D eigenvalue weighted by molar-refractivity contribution is 7.13. The molecule has 0 amide bonds. The number of rotatable bonds is 8. The number of hydrogen-bond acceptors (Lipinski definition) is 6. The quantitative estimate of drug-likeness (QED) is 0.477. The van der Waals surface area contributed by atoms with Crippen LogP contribution in [0.5, 0.6) is 0 Å². The Bertz CT molecular complexity index is 1010. The second kappa shape index (κ2) is 8.45. The molecule has 0 radical (unpaired) electrons. The number of halogens is 1. The Balaban J connectivity index is 1.25. The summed E-state index contributed by atoms with van der Waals surface area (Å²) >= 11 is 1.59. The number of aromatic nitrogens is 4. The van der Waals surface area contributed by atoms with Gasteiger partial charge in [0.25, 0.3) is 0 Å². The molecule has 0 bridgehead atoms. The predicted octanol–water partition coefficient (Wildman–Crippen LogP) is 4.39. The third-order valence-corrected chi connectivity index (χ3v) is 5.24. The highest BCUT2D eigenvalue weighted by Crippen LogP contribution is 2.22. The van der Waals surface area contributed by atoms with Crippen molar-refractivity contribution in [3.63, 3.8) is 0 Å². The SMILES string of the molecule is CN(CCCc1cc(-c2ccc(F)cc2)n[nH]1)Cc1nc(-c2cccs2)no1. The molecule has 6 nitrogen and oxygen atoms in total. The largest absolute Gasteiger partial charge is 0.338 e. The first kappa shape index (κ1) is 18.5. The van der Waals surface area contributed by atoms with Crippen LogP contribution in [0.15, 0.2) is 52.4 Å². The molecule has 0 spiro atoms. The second-order valence-electron chi connectivity index (χ2n) is 6.62.